The number of benzene rings is 1. The molecule has 1 fully saturated rings. The van der Waals surface area contributed by atoms with Crippen molar-refractivity contribution < 1.29 is 4.74 Å². The van der Waals surface area contributed by atoms with Gasteiger partial charge in [-0.2, -0.15) is 0 Å². The van der Waals surface area contributed by atoms with Crippen LogP contribution >= 0.6 is 11.6 Å². The van der Waals surface area contributed by atoms with Gasteiger partial charge in [0.05, 0.1) is 6.61 Å². The van der Waals surface area contributed by atoms with Crippen molar-refractivity contribution in [1.29, 1.82) is 0 Å². The van der Waals surface area contributed by atoms with Gasteiger partial charge in [-0.1, -0.05) is 31.4 Å². The Morgan fingerprint density at radius 2 is 2.15 bits per heavy atom. The molecule has 0 radical (unpaired) electrons. The fourth-order valence-corrected chi connectivity index (χ4v) is 4.02. The Labute approximate surface area is 125 Å². The van der Waals surface area contributed by atoms with Gasteiger partial charge < -0.3 is 4.74 Å². The summed E-state index contributed by atoms with van der Waals surface area (Å²) < 4.78 is 5.80. The molecule has 1 aromatic rings. The molecule has 0 spiro atoms. The van der Waals surface area contributed by atoms with Crippen LogP contribution in [0.15, 0.2) is 12.1 Å². The maximum Gasteiger partial charge on any atom is 0.125 e. The number of ether oxygens (including phenoxy) is 1. The fraction of sp³-hybridized carbons (Fsp3) is 0.625. The van der Waals surface area contributed by atoms with E-state index in [4.69, 9.17) is 22.2 Å². The summed E-state index contributed by atoms with van der Waals surface area (Å²) in [5.74, 6) is 6.88. The van der Waals surface area contributed by atoms with E-state index in [-0.39, 0.29) is 11.5 Å². The van der Waals surface area contributed by atoms with Gasteiger partial charge in [0, 0.05) is 17.5 Å². The molecule has 2 aliphatic rings. The second kappa shape index (κ2) is 5.55. The molecular weight excluding hydrogens is 272 g/mol. The summed E-state index contributed by atoms with van der Waals surface area (Å²) in [6.45, 7) is 3.11. The number of halogens is 1. The third-order valence-electron chi connectivity index (χ3n) is 5.04. The molecule has 0 bridgehead atoms. The lowest BCUT2D eigenvalue weighted by molar-refractivity contribution is 0.219. The smallest absolute Gasteiger partial charge is 0.125 e. The molecule has 1 atom stereocenters. The highest BCUT2D eigenvalue weighted by molar-refractivity contribution is 6.30. The maximum atomic E-state index is 6.24. The maximum absolute atomic E-state index is 6.24. The first-order valence-electron chi connectivity index (χ1n) is 7.52. The SMILES string of the molecule is CC1(C(Cc2cc(Cl)cc3c2OCC3)NN)CCCC1. The number of rotatable bonds is 4. The van der Waals surface area contributed by atoms with Gasteiger partial charge in [-0.05, 0) is 47.9 Å². The van der Waals surface area contributed by atoms with E-state index in [2.05, 4.69) is 12.3 Å². The Balaban J connectivity index is 1.86. The van der Waals surface area contributed by atoms with E-state index < -0.39 is 0 Å². The van der Waals surface area contributed by atoms with Crippen molar-refractivity contribution >= 4 is 11.6 Å². The Morgan fingerprint density at radius 1 is 1.40 bits per heavy atom. The van der Waals surface area contributed by atoms with Gasteiger partial charge in [-0.15, -0.1) is 0 Å². The average Bonchev–Trinajstić information content (AvgIpc) is 3.04. The number of nitrogens with one attached hydrogen (secondary N) is 1. The highest BCUT2D eigenvalue weighted by Gasteiger charge is 2.37. The molecule has 20 heavy (non-hydrogen) atoms. The van der Waals surface area contributed by atoms with E-state index in [9.17, 15) is 0 Å². The van der Waals surface area contributed by atoms with Crippen LogP contribution in [0.2, 0.25) is 5.02 Å². The molecule has 0 amide bonds. The van der Waals surface area contributed by atoms with Gasteiger partial charge in [0.1, 0.15) is 5.75 Å². The average molecular weight is 295 g/mol. The van der Waals surface area contributed by atoms with Crippen molar-refractivity contribution in [3.8, 4) is 5.75 Å². The lowest BCUT2D eigenvalue weighted by Gasteiger charge is -2.34. The van der Waals surface area contributed by atoms with Gasteiger partial charge in [0.2, 0.25) is 0 Å². The van der Waals surface area contributed by atoms with Crippen molar-refractivity contribution in [2.24, 2.45) is 11.3 Å². The van der Waals surface area contributed by atoms with E-state index in [1.807, 2.05) is 12.1 Å². The normalized spacial score (nSPS) is 21.6. The molecular formula is C16H23ClN2O. The molecule has 1 saturated carbocycles. The molecule has 1 heterocycles. The van der Waals surface area contributed by atoms with Gasteiger partial charge in [-0.25, -0.2) is 0 Å². The third kappa shape index (κ3) is 2.54. The standard InChI is InChI=1S/C16H23ClN2O/c1-16(5-2-3-6-16)14(19-18)10-12-9-13(17)8-11-4-7-20-15(11)12/h8-9,14,19H,2-7,10,18H2,1H3. The number of fused-ring (bicyclic) bond motifs is 1. The molecule has 1 aromatic carbocycles. The molecule has 3 N–H and O–H groups in total. The lowest BCUT2D eigenvalue weighted by Crippen LogP contribution is -2.47. The predicted molar refractivity (Wildman–Crippen MR) is 82.0 cm³/mol. The van der Waals surface area contributed by atoms with E-state index in [1.54, 1.807) is 0 Å². The minimum atomic E-state index is 0.275. The van der Waals surface area contributed by atoms with Crippen molar-refractivity contribution in [2.45, 2.75) is 51.5 Å². The minimum Gasteiger partial charge on any atom is -0.493 e. The summed E-state index contributed by atoms with van der Waals surface area (Å²) in [6, 6.07) is 4.33. The molecule has 0 aromatic heterocycles. The summed E-state index contributed by atoms with van der Waals surface area (Å²) in [5, 5.41) is 0.802. The van der Waals surface area contributed by atoms with E-state index >= 15 is 0 Å². The zero-order valence-corrected chi connectivity index (χ0v) is 12.8. The highest BCUT2D eigenvalue weighted by atomic mass is 35.5. The number of hydrogen-bond acceptors (Lipinski definition) is 3. The molecule has 4 heteroatoms. The van der Waals surface area contributed by atoms with E-state index in [1.165, 1.54) is 36.8 Å². The van der Waals surface area contributed by atoms with Crippen LogP contribution in [0.4, 0.5) is 0 Å². The first kappa shape index (κ1) is 14.2. The molecule has 3 nitrogen and oxygen atoms in total. The number of hydrogen-bond donors (Lipinski definition) is 2. The Kier molecular flexibility index (Phi) is 3.93. The van der Waals surface area contributed by atoms with E-state index in [0.717, 1.165) is 30.2 Å². The minimum absolute atomic E-state index is 0.275. The van der Waals surface area contributed by atoms with Crippen LogP contribution in [0, 0.1) is 5.41 Å². The monoisotopic (exact) mass is 294 g/mol. The topological polar surface area (TPSA) is 47.3 Å². The summed E-state index contributed by atoms with van der Waals surface area (Å²) in [6.07, 6.45) is 6.94. The molecule has 3 rings (SSSR count). The van der Waals surface area contributed by atoms with Crippen LogP contribution in [0.3, 0.4) is 0 Å². The first-order valence-corrected chi connectivity index (χ1v) is 7.90. The molecule has 1 aliphatic heterocycles. The van der Waals surface area contributed by atoms with Crippen molar-refractivity contribution in [3.05, 3.63) is 28.3 Å². The number of hydrazine groups is 1. The van der Waals surface area contributed by atoms with Crippen LogP contribution in [-0.2, 0) is 12.8 Å². The van der Waals surface area contributed by atoms with Gasteiger partial charge >= 0.3 is 0 Å². The highest BCUT2D eigenvalue weighted by Crippen LogP contribution is 2.43. The summed E-state index contributed by atoms with van der Waals surface area (Å²) in [5.41, 5.74) is 5.76. The zero-order valence-electron chi connectivity index (χ0n) is 12.0. The fourth-order valence-electron chi connectivity index (χ4n) is 3.76. The van der Waals surface area contributed by atoms with Crippen molar-refractivity contribution in [3.63, 3.8) is 0 Å². The molecule has 1 aliphatic carbocycles. The predicted octanol–water partition coefficient (Wildman–Crippen LogP) is 3.23. The van der Waals surface area contributed by atoms with Gasteiger partial charge in [0.15, 0.2) is 0 Å². The molecule has 1 unspecified atom stereocenters. The Bertz CT molecular complexity index is 497. The van der Waals surface area contributed by atoms with Crippen LogP contribution in [0.5, 0.6) is 5.75 Å². The summed E-state index contributed by atoms with van der Waals surface area (Å²) in [7, 11) is 0. The van der Waals surface area contributed by atoms with Crippen LogP contribution in [-0.4, -0.2) is 12.6 Å². The van der Waals surface area contributed by atoms with E-state index in [0.29, 0.717) is 0 Å². The van der Waals surface area contributed by atoms with Gasteiger partial charge in [0.25, 0.3) is 0 Å². The Hall–Kier alpha value is -0.770. The van der Waals surface area contributed by atoms with Crippen LogP contribution in [0.1, 0.15) is 43.7 Å². The number of nitrogens with two attached hydrogens (primary N) is 1. The largest absolute Gasteiger partial charge is 0.493 e. The molecule has 0 saturated heterocycles. The van der Waals surface area contributed by atoms with Crippen LogP contribution < -0.4 is 16.0 Å². The lowest BCUT2D eigenvalue weighted by atomic mass is 9.78. The molecule has 110 valence electrons. The first-order chi connectivity index (χ1) is 9.62. The summed E-state index contributed by atoms with van der Waals surface area (Å²) in [4.78, 5) is 0. The van der Waals surface area contributed by atoms with Crippen molar-refractivity contribution in [2.75, 3.05) is 6.61 Å². The zero-order chi connectivity index (χ0) is 14.2. The summed E-state index contributed by atoms with van der Waals surface area (Å²) >= 11 is 6.24. The van der Waals surface area contributed by atoms with Gasteiger partial charge in [-0.3, -0.25) is 11.3 Å². The second-order valence-electron chi connectivity index (χ2n) is 6.44. The van der Waals surface area contributed by atoms with Crippen molar-refractivity contribution in [1.82, 2.24) is 5.43 Å². The third-order valence-corrected chi connectivity index (χ3v) is 5.26. The second-order valence-corrected chi connectivity index (χ2v) is 6.87. The Morgan fingerprint density at radius 3 is 2.85 bits per heavy atom. The quantitative estimate of drug-likeness (QED) is 0.662. The van der Waals surface area contributed by atoms with Crippen LogP contribution in [0.25, 0.3) is 0 Å².